The fourth-order valence-electron chi connectivity index (χ4n) is 2.33. The molecule has 6 heteroatoms. The van der Waals surface area contributed by atoms with Gasteiger partial charge in [0, 0.05) is 32.4 Å². The van der Waals surface area contributed by atoms with Gasteiger partial charge in [0.25, 0.3) is 0 Å². The Kier molecular flexibility index (Phi) is 9.14. The molecule has 0 fully saturated rings. The van der Waals surface area contributed by atoms with Crippen molar-refractivity contribution >= 4 is 29.9 Å². The van der Waals surface area contributed by atoms with Crippen LogP contribution in [-0.4, -0.2) is 25.1 Å². The standard InChI is InChI=1S/C18H24N4O.HI/c1-4-15-7-5-6-8-16(15)13-22-18(19-2)21-12-14-9-10-20-17(11-14)23-3;/h5-11H,4,12-13H2,1-3H3,(H2,19,21,22);1H. The first-order chi connectivity index (χ1) is 11.3. The molecule has 0 unspecified atom stereocenters. The van der Waals surface area contributed by atoms with Gasteiger partial charge >= 0.3 is 0 Å². The highest BCUT2D eigenvalue weighted by molar-refractivity contribution is 14.0. The van der Waals surface area contributed by atoms with E-state index in [1.165, 1.54) is 11.1 Å². The number of guanidine groups is 1. The Labute approximate surface area is 161 Å². The third kappa shape index (κ3) is 5.99. The SMILES string of the molecule is CCc1ccccc1CNC(=NC)NCc1ccnc(OC)c1.I. The number of nitrogens with one attached hydrogen (secondary N) is 2. The molecule has 0 spiro atoms. The van der Waals surface area contributed by atoms with Crippen LogP contribution in [0.2, 0.25) is 0 Å². The molecular weight excluding hydrogens is 415 g/mol. The van der Waals surface area contributed by atoms with Gasteiger partial charge in [0.05, 0.1) is 7.11 Å². The second-order valence-electron chi connectivity index (χ2n) is 5.11. The minimum absolute atomic E-state index is 0. The number of rotatable bonds is 6. The number of nitrogens with zero attached hydrogens (tertiary/aromatic N) is 2. The lowest BCUT2D eigenvalue weighted by Gasteiger charge is -2.14. The molecule has 0 aliphatic heterocycles. The normalized spacial score (nSPS) is 10.7. The van der Waals surface area contributed by atoms with Gasteiger partial charge in [-0.1, -0.05) is 31.2 Å². The van der Waals surface area contributed by atoms with Gasteiger partial charge in [-0.15, -0.1) is 24.0 Å². The highest BCUT2D eigenvalue weighted by Gasteiger charge is 2.03. The number of hydrogen-bond acceptors (Lipinski definition) is 3. The van der Waals surface area contributed by atoms with Crippen molar-refractivity contribution < 1.29 is 4.74 Å². The molecule has 1 aromatic carbocycles. The molecule has 1 aromatic heterocycles. The zero-order valence-corrected chi connectivity index (χ0v) is 16.7. The predicted molar refractivity (Wildman–Crippen MR) is 109 cm³/mol. The summed E-state index contributed by atoms with van der Waals surface area (Å²) < 4.78 is 5.13. The van der Waals surface area contributed by atoms with Crippen LogP contribution in [0.5, 0.6) is 5.88 Å². The topological polar surface area (TPSA) is 58.5 Å². The summed E-state index contributed by atoms with van der Waals surface area (Å²) in [5.74, 6) is 1.39. The monoisotopic (exact) mass is 440 g/mol. The Morgan fingerprint density at radius 3 is 2.50 bits per heavy atom. The number of aryl methyl sites for hydroxylation is 1. The van der Waals surface area contributed by atoms with Gasteiger partial charge in [-0.2, -0.15) is 0 Å². The van der Waals surface area contributed by atoms with Crippen LogP contribution in [0.25, 0.3) is 0 Å². The zero-order valence-electron chi connectivity index (χ0n) is 14.4. The van der Waals surface area contributed by atoms with Crippen LogP contribution in [-0.2, 0) is 19.5 Å². The van der Waals surface area contributed by atoms with E-state index in [1.54, 1.807) is 20.4 Å². The molecule has 24 heavy (non-hydrogen) atoms. The van der Waals surface area contributed by atoms with Gasteiger partial charge in [0.1, 0.15) is 0 Å². The molecule has 0 atom stereocenters. The van der Waals surface area contributed by atoms with E-state index >= 15 is 0 Å². The Balaban J connectivity index is 0.00000288. The molecular formula is C18H25IN4O. The van der Waals surface area contributed by atoms with Crippen LogP contribution in [0.15, 0.2) is 47.6 Å². The van der Waals surface area contributed by atoms with Crippen molar-refractivity contribution in [2.24, 2.45) is 4.99 Å². The molecule has 0 aliphatic rings. The van der Waals surface area contributed by atoms with Crippen LogP contribution >= 0.6 is 24.0 Å². The average molecular weight is 440 g/mol. The predicted octanol–water partition coefficient (Wildman–Crippen LogP) is 3.14. The Hall–Kier alpha value is -1.83. The number of aliphatic imine (C=N–C) groups is 1. The molecule has 2 N–H and O–H groups in total. The van der Waals surface area contributed by atoms with Crippen LogP contribution < -0.4 is 15.4 Å². The van der Waals surface area contributed by atoms with Crippen molar-refractivity contribution in [3.05, 3.63) is 59.3 Å². The van der Waals surface area contributed by atoms with E-state index in [1.807, 2.05) is 12.1 Å². The number of halogens is 1. The number of ether oxygens (including phenoxy) is 1. The second-order valence-corrected chi connectivity index (χ2v) is 5.11. The van der Waals surface area contributed by atoms with Crippen molar-refractivity contribution in [1.29, 1.82) is 0 Å². The zero-order chi connectivity index (χ0) is 16.5. The van der Waals surface area contributed by atoms with E-state index in [-0.39, 0.29) is 24.0 Å². The Morgan fingerprint density at radius 2 is 1.83 bits per heavy atom. The minimum atomic E-state index is 0. The third-order valence-electron chi connectivity index (χ3n) is 3.64. The quantitative estimate of drug-likeness (QED) is 0.412. The summed E-state index contributed by atoms with van der Waals surface area (Å²) >= 11 is 0. The lowest BCUT2D eigenvalue weighted by atomic mass is 10.1. The van der Waals surface area contributed by atoms with Crippen LogP contribution in [0.4, 0.5) is 0 Å². The first-order valence-corrected chi connectivity index (χ1v) is 7.77. The van der Waals surface area contributed by atoms with Crippen LogP contribution in [0, 0.1) is 0 Å². The smallest absolute Gasteiger partial charge is 0.213 e. The van der Waals surface area contributed by atoms with Crippen molar-refractivity contribution in [2.45, 2.75) is 26.4 Å². The Morgan fingerprint density at radius 1 is 1.12 bits per heavy atom. The molecule has 0 amide bonds. The van der Waals surface area contributed by atoms with Gasteiger partial charge in [-0.3, -0.25) is 4.99 Å². The average Bonchev–Trinajstić information content (AvgIpc) is 2.62. The molecule has 2 aromatic rings. The number of hydrogen-bond donors (Lipinski definition) is 2. The first-order valence-electron chi connectivity index (χ1n) is 7.77. The van der Waals surface area contributed by atoms with Gasteiger partial charge in [0.2, 0.25) is 5.88 Å². The van der Waals surface area contributed by atoms with Crippen molar-refractivity contribution in [2.75, 3.05) is 14.2 Å². The number of benzene rings is 1. The van der Waals surface area contributed by atoms with Crippen molar-refractivity contribution in [1.82, 2.24) is 15.6 Å². The van der Waals surface area contributed by atoms with E-state index in [2.05, 4.69) is 51.8 Å². The summed E-state index contributed by atoms with van der Waals surface area (Å²) in [4.78, 5) is 8.37. The Bertz CT molecular complexity index is 661. The molecule has 2 rings (SSSR count). The summed E-state index contributed by atoms with van der Waals surface area (Å²) in [5.41, 5.74) is 3.74. The van der Waals surface area contributed by atoms with E-state index in [0.717, 1.165) is 24.5 Å². The van der Waals surface area contributed by atoms with Crippen LogP contribution in [0.1, 0.15) is 23.6 Å². The third-order valence-corrected chi connectivity index (χ3v) is 3.64. The van der Waals surface area contributed by atoms with Gasteiger partial charge in [-0.25, -0.2) is 4.98 Å². The number of methoxy groups -OCH3 is 1. The van der Waals surface area contributed by atoms with E-state index in [9.17, 15) is 0 Å². The number of aromatic nitrogens is 1. The number of pyridine rings is 1. The molecule has 1 heterocycles. The molecule has 0 bridgehead atoms. The summed E-state index contributed by atoms with van der Waals surface area (Å²) in [6.07, 6.45) is 2.77. The van der Waals surface area contributed by atoms with Crippen LogP contribution in [0.3, 0.4) is 0 Å². The van der Waals surface area contributed by atoms with Gasteiger partial charge < -0.3 is 15.4 Å². The summed E-state index contributed by atoms with van der Waals surface area (Å²) in [7, 11) is 3.39. The lowest BCUT2D eigenvalue weighted by molar-refractivity contribution is 0.397. The summed E-state index contributed by atoms with van der Waals surface area (Å²) in [6.45, 7) is 3.58. The molecule has 130 valence electrons. The largest absolute Gasteiger partial charge is 0.481 e. The van der Waals surface area contributed by atoms with Gasteiger partial charge in [0.15, 0.2) is 5.96 Å². The first kappa shape index (κ1) is 20.2. The summed E-state index contributed by atoms with van der Waals surface area (Å²) in [5, 5.41) is 6.65. The van der Waals surface area contributed by atoms with Crippen molar-refractivity contribution in [3.63, 3.8) is 0 Å². The lowest BCUT2D eigenvalue weighted by Crippen LogP contribution is -2.36. The summed E-state index contributed by atoms with van der Waals surface area (Å²) in [6, 6.07) is 12.3. The van der Waals surface area contributed by atoms with Gasteiger partial charge in [-0.05, 0) is 29.2 Å². The maximum Gasteiger partial charge on any atom is 0.213 e. The highest BCUT2D eigenvalue weighted by atomic mass is 127. The maximum absolute atomic E-state index is 5.13. The minimum Gasteiger partial charge on any atom is -0.481 e. The fraction of sp³-hybridized carbons (Fsp3) is 0.333. The van der Waals surface area contributed by atoms with E-state index in [4.69, 9.17) is 4.74 Å². The van der Waals surface area contributed by atoms with E-state index < -0.39 is 0 Å². The highest BCUT2D eigenvalue weighted by Crippen LogP contribution is 2.09. The van der Waals surface area contributed by atoms with Crippen molar-refractivity contribution in [3.8, 4) is 5.88 Å². The molecule has 0 saturated carbocycles. The molecule has 0 saturated heterocycles. The molecule has 5 nitrogen and oxygen atoms in total. The second kappa shape index (κ2) is 10.9. The molecule has 0 radical (unpaired) electrons. The maximum atomic E-state index is 5.13. The fourth-order valence-corrected chi connectivity index (χ4v) is 2.33. The van der Waals surface area contributed by atoms with E-state index in [0.29, 0.717) is 12.4 Å². The molecule has 0 aliphatic carbocycles.